The molecule has 0 aromatic carbocycles. The number of hydrogen-bond acceptors (Lipinski definition) is 3. The summed E-state index contributed by atoms with van der Waals surface area (Å²) in [6.07, 6.45) is 1.73. The van der Waals surface area contributed by atoms with Crippen molar-refractivity contribution in [1.82, 2.24) is 10.3 Å². The first-order valence-electron chi connectivity index (χ1n) is 2.63. The molecule has 0 aliphatic heterocycles. The van der Waals surface area contributed by atoms with Crippen LogP contribution in [0.4, 0.5) is 0 Å². The van der Waals surface area contributed by atoms with Crippen molar-refractivity contribution >= 4 is 34.7 Å². The Morgan fingerprint density at radius 2 is 2.70 bits per heavy atom. The van der Waals surface area contributed by atoms with Gasteiger partial charge in [-0.15, -0.1) is 11.3 Å². The third-order valence-corrected chi connectivity index (χ3v) is 1.87. The molecule has 1 aromatic rings. The van der Waals surface area contributed by atoms with Crippen LogP contribution in [0, 0.1) is 0 Å². The minimum atomic E-state index is 0.755. The summed E-state index contributed by atoms with van der Waals surface area (Å²) in [4.78, 5) is 4.02. The van der Waals surface area contributed by atoms with Gasteiger partial charge in [-0.25, -0.2) is 4.98 Å². The molecule has 52 valence electrons. The predicted molar refractivity (Wildman–Crippen MR) is 47.9 cm³/mol. The molecule has 0 aliphatic rings. The van der Waals surface area contributed by atoms with E-state index in [1.54, 1.807) is 6.20 Å². The van der Waals surface area contributed by atoms with Crippen LogP contribution in [-0.4, -0.2) is 10.5 Å². The maximum atomic E-state index is 4.58. The molecule has 0 amide bonds. The van der Waals surface area contributed by atoms with Crippen molar-refractivity contribution in [1.29, 1.82) is 0 Å². The molecule has 1 N–H and O–H groups in total. The van der Waals surface area contributed by atoms with Crippen molar-refractivity contribution in [3.8, 4) is 0 Å². The van der Waals surface area contributed by atoms with Gasteiger partial charge in [-0.2, -0.15) is 0 Å². The van der Waals surface area contributed by atoms with Crippen molar-refractivity contribution in [3.05, 3.63) is 23.2 Å². The fraction of sp³-hybridized carbons (Fsp3) is 0. The van der Waals surface area contributed by atoms with Crippen molar-refractivity contribution < 1.29 is 0 Å². The van der Waals surface area contributed by atoms with E-state index in [-0.39, 0.29) is 0 Å². The molecule has 0 saturated heterocycles. The number of hydrogen-bond donors (Lipinski definition) is 1. The lowest BCUT2D eigenvalue weighted by molar-refractivity contribution is 1.29. The Balaban J connectivity index is 2.68. The molecular weight excluding hydrogens is 164 g/mol. The Hall–Kier alpha value is -0.740. The molecule has 10 heavy (non-hydrogen) atoms. The first-order valence-corrected chi connectivity index (χ1v) is 3.98. The lowest BCUT2D eigenvalue weighted by Gasteiger charge is -1.96. The number of thiazole rings is 1. The highest BCUT2D eigenvalue weighted by molar-refractivity contribution is 7.78. The van der Waals surface area contributed by atoms with Gasteiger partial charge in [0, 0.05) is 11.6 Å². The second-order valence-corrected chi connectivity index (χ2v) is 2.71. The van der Waals surface area contributed by atoms with Crippen molar-refractivity contribution in [2.75, 3.05) is 0 Å². The number of nitrogens with one attached hydrogen (secondary N) is 1. The number of rotatable bonds is 3. The second kappa shape index (κ2) is 3.43. The van der Waals surface area contributed by atoms with Crippen molar-refractivity contribution in [3.63, 3.8) is 0 Å². The fourth-order valence-corrected chi connectivity index (χ4v) is 1.22. The van der Waals surface area contributed by atoms with E-state index in [4.69, 9.17) is 0 Å². The van der Waals surface area contributed by atoms with E-state index < -0.39 is 0 Å². The third-order valence-electron chi connectivity index (χ3n) is 0.924. The van der Waals surface area contributed by atoms with E-state index in [1.165, 1.54) is 16.8 Å². The van der Waals surface area contributed by atoms with Gasteiger partial charge in [-0.3, -0.25) is 0 Å². The summed E-state index contributed by atoms with van der Waals surface area (Å²) in [6.45, 7) is 3.73. The van der Waals surface area contributed by atoms with Crippen LogP contribution < -0.4 is 5.32 Å². The normalized spacial score (nSPS) is 8.80. The number of thiocarbonyl (C=S) groups is 1. The standard InChI is InChI=1S/C6H6N2S2/c1-5(8-4-9)6-7-2-3-10-6/h2-4H,1H2,(H,8,9). The second-order valence-electron chi connectivity index (χ2n) is 1.58. The molecule has 1 aromatic heterocycles. The average Bonchev–Trinajstić information content (AvgIpc) is 2.38. The monoisotopic (exact) mass is 170 g/mol. The topological polar surface area (TPSA) is 24.9 Å². The van der Waals surface area contributed by atoms with Crippen molar-refractivity contribution in [2.45, 2.75) is 0 Å². The lowest BCUT2D eigenvalue weighted by atomic mass is 10.5. The minimum absolute atomic E-state index is 0.755. The Labute approximate surface area is 68.6 Å². The van der Waals surface area contributed by atoms with Gasteiger partial charge in [0.25, 0.3) is 0 Å². The van der Waals surface area contributed by atoms with Crippen LogP contribution in [0.15, 0.2) is 18.2 Å². The molecule has 0 saturated carbocycles. The summed E-state index contributed by atoms with van der Waals surface area (Å²) in [5.74, 6) is 0. The van der Waals surface area contributed by atoms with Crippen LogP contribution in [0.2, 0.25) is 0 Å². The molecule has 0 aliphatic carbocycles. The first-order chi connectivity index (χ1) is 4.84. The summed E-state index contributed by atoms with van der Waals surface area (Å²) in [7, 11) is 0. The van der Waals surface area contributed by atoms with Gasteiger partial charge in [-0.05, 0) is 0 Å². The van der Waals surface area contributed by atoms with Gasteiger partial charge >= 0.3 is 0 Å². The number of aromatic nitrogens is 1. The van der Waals surface area contributed by atoms with Gasteiger partial charge in [0.2, 0.25) is 0 Å². The molecule has 4 heteroatoms. The maximum absolute atomic E-state index is 4.58. The van der Waals surface area contributed by atoms with Crippen LogP contribution in [0.3, 0.4) is 0 Å². The molecule has 0 fully saturated rings. The Bertz CT molecular complexity index is 228. The van der Waals surface area contributed by atoms with E-state index in [0.717, 1.165) is 10.7 Å². The maximum Gasteiger partial charge on any atom is 0.138 e. The van der Waals surface area contributed by atoms with E-state index in [0.29, 0.717) is 0 Å². The minimum Gasteiger partial charge on any atom is -0.351 e. The van der Waals surface area contributed by atoms with Crippen LogP contribution in [0.25, 0.3) is 5.70 Å². The predicted octanol–water partition coefficient (Wildman–Crippen LogP) is 1.66. The zero-order valence-corrected chi connectivity index (χ0v) is 6.84. The van der Waals surface area contributed by atoms with E-state index in [2.05, 4.69) is 29.1 Å². The smallest absolute Gasteiger partial charge is 0.138 e. The van der Waals surface area contributed by atoms with Gasteiger partial charge in [-0.1, -0.05) is 18.8 Å². The van der Waals surface area contributed by atoms with Crippen LogP contribution >= 0.6 is 23.6 Å². The quantitative estimate of drug-likeness (QED) is 0.698. The molecule has 0 atom stereocenters. The van der Waals surface area contributed by atoms with Gasteiger partial charge in [0.15, 0.2) is 0 Å². The molecule has 1 rings (SSSR count). The van der Waals surface area contributed by atoms with Gasteiger partial charge < -0.3 is 5.32 Å². The molecule has 2 nitrogen and oxygen atoms in total. The van der Waals surface area contributed by atoms with Crippen molar-refractivity contribution in [2.24, 2.45) is 0 Å². The summed E-state index contributed by atoms with van der Waals surface area (Å²) in [5.41, 5.74) is 2.18. The molecule has 1 heterocycles. The van der Waals surface area contributed by atoms with Crippen LogP contribution in [0.5, 0.6) is 0 Å². The first kappa shape index (κ1) is 7.37. The molecular formula is C6H6N2S2. The largest absolute Gasteiger partial charge is 0.351 e. The Morgan fingerprint density at radius 1 is 1.90 bits per heavy atom. The van der Waals surface area contributed by atoms with Crippen LogP contribution in [0.1, 0.15) is 5.01 Å². The zero-order valence-electron chi connectivity index (χ0n) is 5.20. The third kappa shape index (κ3) is 1.62. The highest BCUT2D eigenvalue weighted by atomic mass is 32.1. The molecule has 0 bridgehead atoms. The SMILES string of the molecule is C=C(NC=S)c1nccs1. The Kier molecular flexibility index (Phi) is 2.53. The lowest BCUT2D eigenvalue weighted by Crippen LogP contribution is -2.05. The molecule has 0 radical (unpaired) electrons. The van der Waals surface area contributed by atoms with E-state index in [1.807, 2.05) is 5.38 Å². The summed E-state index contributed by atoms with van der Waals surface area (Å²) in [5, 5.41) is 5.56. The zero-order chi connectivity index (χ0) is 7.40. The van der Waals surface area contributed by atoms with E-state index >= 15 is 0 Å². The molecule has 0 spiro atoms. The highest BCUT2D eigenvalue weighted by Crippen LogP contribution is 2.10. The number of nitrogens with zero attached hydrogens (tertiary/aromatic N) is 1. The van der Waals surface area contributed by atoms with Crippen LogP contribution in [-0.2, 0) is 0 Å². The highest BCUT2D eigenvalue weighted by Gasteiger charge is 1.96. The van der Waals surface area contributed by atoms with Gasteiger partial charge in [0.05, 0.1) is 11.2 Å². The summed E-state index contributed by atoms with van der Waals surface area (Å²) < 4.78 is 0. The Morgan fingerprint density at radius 3 is 3.20 bits per heavy atom. The average molecular weight is 170 g/mol. The van der Waals surface area contributed by atoms with E-state index in [9.17, 15) is 0 Å². The molecule has 0 unspecified atom stereocenters. The summed E-state index contributed by atoms with van der Waals surface area (Å²) >= 11 is 6.11. The van der Waals surface area contributed by atoms with Gasteiger partial charge in [0.1, 0.15) is 5.01 Å². The fourth-order valence-electron chi connectivity index (χ4n) is 0.505. The summed E-state index contributed by atoms with van der Waals surface area (Å²) in [6, 6.07) is 0.